The number of nitrogens with two attached hydrogens (primary N) is 2. The smallest absolute Gasteiger partial charge is 0.192 e. The topological polar surface area (TPSA) is 119 Å². The highest BCUT2D eigenvalue weighted by molar-refractivity contribution is 4.59. The third-order valence-electron chi connectivity index (χ3n) is 2.21. The monoisotopic (exact) mass is 283 g/mol. The third kappa shape index (κ3) is 9.21. The highest BCUT2D eigenvalue weighted by Gasteiger charge is 2.19. The van der Waals surface area contributed by atoms with Crippen LogP contribution in [0.2, 0.25) is 0 Å². The second kappa shape index (κ2) is 11.5. The van der Waals surface area contributed by atoms with Gasteiger partial charge in [-0.15, -0.1) is 9.98 Å². The maximum absolute atomic E-state index is 5.50. The van der Waals surface area contributed by atoms with Crippen LogP contribution in [0.25, 0.3) is 0 Å². The molecule has 116 valence electrons. The fraction of sp³-hybridized carbons (Fsp3) is 1.00. The molecule has 0 amide bonds. The Bertz CT molecular complexity index is 192. The van der Waals surface area contributed by atoms with Crippen molar-refractivity contribution in [2.75, 3.05) is 0 Å². The Morgan fingerprint density at radius 3 is 1.47 bits per heavy atom. The van der Waals surface area contributed by atoms with E-state index < -0.39 is 12.6 Å². The summed E-state index contributed by atoms with van der Waals surface area (Å²) in [6.45, 7) is 7.21. The molecule has 0 spiro atoms. The molecule has 0 aliphatic rings. The zero-order valence-electron chi connectivity index (χ0n) is 11.8. The van der Waals surface area contributed by atoms with Crippen molar-refractivity contribution in [2.24, 2.45) is 11.8 Å². The molecule has 0 saturated heterocycles. The van der Waals surface area contributed by atoms with E-state index in [0.717, 1.165) is 0 Å². The molecule has 0 saturated carbocycles. The predicted molar refractivity (Wildman–Crippen MR) is 65.1 cm³/mol. The highest BCUT2D eigenvalue weighted by atomic mass is 17.3. The first-order chi connectivity index (χ1) is 9.07. The van der Waals surface area contributed by atoms with E-state index in [-0.39, 0.29) is 12.5 Å². The molecule has 0 heterocycles. The first-order valence-corrected chi connectivity index (χ1v) is 6.18. The molecule has 0 aromatic rings. The van der Waals surface area contributed by atoms with E-state index in [4.69, 9.17) is 21.3 Å². The van der Waals surface area contributed by atoms with Gasteiger partial charge in [0.1, 0.15) is 12.5 Å². The summed E-state index contributed by atoms with van der Waals surface area (Å²) in [7, 11) is 0. The number of ether oxygens (including phenoxy) is 2. The molecule has 0 radical (unpaired) electrons. The van der Waals surface area contributed by atoms with Crippen molar-refractivity contribution >= 4 is 0 Å². The van der Waals surface area contributed by atoms with Crippen LogP contribution in [0.4, 0.5) is 0 Å². The molecule has 9 heteroatoms. The van der Waals surface area contributed by atoms with Crippen LogP contribution in [0.3, 0.4) is 0 Å². The van der Waals surface area contributed by atoms with E-state index in [1.165, 1.54) is 0 Å². The lowest BCUT2D eigenvalue weighted by atomic mass is 10.3. The predicted octanol–water partition coefficient (Wildman–Crippen LogP) is 0.417. The van der Waals surface area contributed by atoms with Crippen LogP contribution in [-0.4, -0.2) is 25.0 Å². The standard InChI is InChI=1S/C10H25N3O6/c1-5-9(14-7(3)16-18-11)13-10(6-2)15-8(4)17-19-12/h7-10,13H,5-6,11-12H2,1-4H3. The van der Waals surface area contributed by atoms with Crippen LogP contribution >= 0.6 is 0 Å². The van der Waals surface area contributed by atoms with Crippen LogP contribution in [-0.2, 0) is 29.2 Å². The maximum atomic E-state index is 5.50. The van der Waals surface area contributed by atoms with Crippen molar-refractivity contribution in [1.29, 1.82) is 0 Å². The first-order valence-electron chi connectivity index (χ1n) is 6.18. The molecular formula is C10H25N3O6. The van der Waals surface area contributed by atoms with Crippen molar-refractivity contribution < 1.29 is 29.2 Å². The van der Waals surface area contributed by atoms with Gasteiger partial charge in [-0.2, -0.15) is 21.6 Å². The van der Waals surface area contributed by atoms with Crippen molar-refractivity contribution in [3.63, 3.8) is 0 Å². The molecule has 0 rings (SSSR count). The van der Waals surface area contributed by atoms with Gasteiger partial charge >= 0.3 is 0 Å². The molecule has 0 fully saturated rings. The van der Waals surface area contributed by atoms with Crippen LogP contribution in [0.1, 0.15) is 40.5 Å². The van der Waals surface area contributed by atoms with E-state index >= 15 is 0 Å². The van der Waals surface area contributed by atoms with Gasteiger partial charge in [0, 0.05) is 0 Å². The Morgan fingerprint density at radius 2 is 1.21 bits per heavy atom. The van der Waals surface area contributed by atoms with Gasteiger partial charge in [-0.05, 0) is 26.7 Å². The summed E-state index contributed by atoms with van der Waals surface area (Å²) in [4.78, 5) is 17.3. The molecule has 4 atom stereocenters. The van der Waals surface area contributed by atoms with Crippen LogP contribution in [0.15, 0.2) is 0 Å². The summed E-state index contributed by atoms with van der Waals surface area (Å²) in [6.07, 6.45) is -0.411. The second-order valence-electron chi connectivity index (χ2n) is 3.75. The van der Waals surface area contributed by atoms with Crippen molar-refractivity contribution in [1.82, 2.24) is 5.32 Å². The molecule has 0 bridgehead atoms. The minimum Gasteiger partial charge on any atom is -0.332 e. The van der Waals surface area contributed by atoms with E-state index in [2.05, 4.69) is 25.1 Å². The number of hydrogen-bond donors (Lipinski definition) is 3. The molecule has 0 aromatic carbocycles. The van der Waals surface area contributed by atoms with Crippen molar-refractivity contribution in [3.05, 3.63) is 0 Å². The molecule has 19 heavy (non-hydrogen) atoms. The van der Waals surface area contributed by atoms with Crippen LogP contribution < -0.4 is 17.1 Å². The van der Waals surface area contributed by atoms with Gasteiger partial charge in [0.05, 0.1) is 0 Å². The SMILES string of the molecule is CCC(NC(CC)OC(C)OON)OC(C)OON. The first kappa shape index (κ1) is 18.6. The molecule has 0 aliphatic carbocycles. The number of rotatable bonds is 12. The third-order valence-corrected chi connectivity index (χ3v) is 2.21. The zero-order chi connectivity index (χ0) is 14.7. The van der Waals surface area contributed by atoms with Gasteiger partial charge in [-0.25, -0.2) is 0 Å². The van der Waals surface area contributed by atoms with Gasteiger partial charge in [0.25, 0.3) is 0 Å². The van der Waals surface area contributed by atoms with Crippen molar-refractivity contribution in [3.8, 4) is 0 Å². The van der Waals surface area contributed by atoms with Gasteiger partial charge in [0.15, 0.2) is 12.6 Å². The van der Waals surface area contributed by atoms with E-state index in [0.29, 0.717) is 12.8 Å². The van der Waals surface area contributed by atoms with E-state index in [1.807, 2.05) is 13.8 Å². The average Bonchev–Trinajstić information content (AvgIpc) is 2.37. The summed E-state index contributed by atoms with van der Waals surface area (Å²) in [5.74, 6) is 9.57. The van der Waals surface area contributed by atoms with Crippen molar-refractivity contribution in [2.45, 2.75) is 65.6 Å². The lowest BCUT2D eigenvalue weighted by Gasteiger charge is -2.27. The quantitative estimate of drug-likeness (QED) is 0.266. The van der Waals surface area contributed by atoms with Gasteiger partial charge in [-0.1, -0.05) is 13.8 Å². The summed E-state index contributed by atoms with van der Waals surface area (Å²) < 4.78 is 11.0. The highest BCUT2D eigenvalue weighted by Crippen LogP contribution is 2.07. The minimum absolute atomic E-state index is 0.291. The van der Waals surface area contributed by atoms with Gasteiger partial charge in [0.2, 0.25) is 0 Å². The zero-order valence-corrected chi connectivity index (χ0v) is 11.8. The Kier molecular flexibility index (Phi) is 11.2. The van der Waals surface area contributed by atoms with E-state index in [1.54, 1.807) is 13.8 Å². The molecule has 0 aromatic heterocycles. The lowest BCUT2D eigenvalue weighted by molar-refractivity contribution is -0.393. The maximum Gasteiger partial charge on any atom is 0.192 e. The summed E-state index contributed by atoms with van der Waals surface area (Å²) in [5, 5.41) is 3.13. The Morgan fingerprint density at radius 1 is 0.842 bits per heavy atom. The second-order valence-corrected chi connectivity index (χ2v) is 3.75. The van der Waals surface area contributed by atoms with Crippen LogP contribution in [0, 0.1) is 0 Å². The molecular weight excluding hydrogens is 258 g/mol. The fourth-order valence-electron chi connectivity index (χ4n) is 1.38. The fourth-order valence-corrected chi connectivity index (χ4v) is 1.38. The lowest BCUT2D eigenvalue weighted by Crippen LogP contribution is -2.44. The Labute approximate surface area is 113 Å². The van der Waals surface area contributed by atoms with E-state index in [9.17, 15) is 0 Å². The molecule has 4 unspecified atom stereocenters. The number of nitrogens with one attached hydrogen (secondary N) is 1. The van der Waals surface area contributed by atoms with Gasteiger partial charge < -0.3 is 9.47 Å². The summed E-state index contributed by atoms with van der Waals surface area (Å²) in [5.41, 5.74) is 0. The average molecular weight is 283 g/mol. The van der Waals surface area contributed by atoms with Gasteiger partial charge in [-0.3, -0.25) is 5.32 Å². The Hall–Kier alpha value is -0.360. The van der Waals surface area contributed by atoms with Crippen LogP contribution in [0.5, 0.6) is 0 Å². The molecule has 9 nitrogen and oxygen atoms in total. The Balaban J connectivity index is 4.15. The summed E-state index contributed by atoms with van der Waals surface area (Å²) in [6, 6.07) is 0. The minimum atomic E-state index is -0.610. The molecule has 0 aliphatic heterocycles. The largest absolute Gasteiger partial charge is 0.332 e. The summed E-state index contributed by atoms with van der Waals surface area (Å²) >= 11 is 0. The molecule has 5 N–H and O–H groups in total. The normalized spacial score (nSPS) is 18.0. The number of hydrogen-bond acceptors (Lipinski definition) is 9.